The number of amides is 1. The smallest absolute Gasteiger partial charge is 0.217 e. The van der Waals surface area contributed by atoms with E-state index in [2.05, 4.69) is 5.32 Å². The van der Waals surface area contributed by atoms with Crippen LogP contribution in [0.1, 0.15) is 37.0 Å². The van der Waals surface area contributed by atoms with E-state index in [4.69, 9.17) is 33.2 Å². The first-order valence-corrected chi connectivity index (χ1v) is 16.0. The zero-order valence-electron chi connectivity index (χ0n) is 27.0. The molecule has 0 bridgehead atoms. The zero-order chi connectivity index (χ0) is 35.8. The molecule has 0 aliphatic carbocycles. The Balaban J connectivity index is 1.53. The molecule has 0 saturated carbocycles. The minimum absolute atomic E-state index is 0.0712. The van der Waals surface area contributed by atoms with Gasteiger partial charge in [0.1, 0.15) is 79.1 Å². The largest absolute Gasteiger partial charge is 0.494 e. The van der Waals surface area contributed by atoms with Crippen LogP contribution in [0, 0.1) is 0 Å². The Hall–Kier alpha value is -2.40. The number of benzene rings is 1. The average molecular weight is 706 g/mol. The molecule has 4 rings (SSSR count). The molecule has 3 aliphatic rings. The SMILES string of the molecule is CC(=O)N[C@H]1[C@H](OCCCCOc2ccc(C=O)cc2)O[C@H](CO)[C@@H](O[C@@H]2O[C@H](CO)[C@H](O)[C@H](O)[C@H]2O)[C@@H]1O[C@H]1O[C@@H](C)[C@@H](O)[C@@H](O)[C@@H]1O. The number of carbonyl (C=O) groups excluding carboxylic acids is 2. The number of hydrogen-bond acceptors (Lipinski definition) is 17. The molecule has 0 unspecified atom stereocenters. The molecule has 0 radical (unpaired) electrons. The molecule has 1 amide bonds. The van der Waals surface area contributed by atoms with E-state index < -0.39 is 111 Å². The minimum atomic E-state index is -1.86. The van der Waals surface area contributed by atoms with Gasteiger partial charge >= 0.3 is 0 Å². The highest BCUT2D eigenvalue weighted by atomic mass is 16.8. The molecule has 18 nitrogen and oxygen atoms in total. The van der Waals surface area contributed by atoms with E-state index in [0.717, 1.165) is 6.29 Å². The predicted molar refractivity (Wildman–Crippen MR) is 162 cm³/mol. The lowest BCUT2D eigenvalue weighted by atomic mass is 9.94. The van der Waals surface area contributed by atoms with Crippen molar-refractivity contribution in [3.63, 3.8) is 0 Å². The Morgan fingerprint density at radius 1 is 0.755 bits per heavy atom. The van der Waals surface area contributed by atoms with Gasteiger partial charge in [0.2, 0.25) is 5.91 Å². The van der Waals surface area contributed by atoms with Crippen molar-refractivity contribution in [1.29, 1.82) is 0 Å². The van der Waals surface area contributed by atoms with E-state index in [1.54, 1.807) is 24.3 Å². The normalized spacial score (nSPS) is 39.7. The minimum Gasteiger partial charge on any atom is -0.494 e. The monoisotopic (exact) mass is 705 g/mol. The van der Waals surface area contributed by atoms with E-state index in [-0.39, 0.29) is 6.61 Å². The lowest BCUT2D eigenvalue weighted by Crippen LogP contribution is -2.69. The predicted octanol–water partition coefficient (Wildman–Crippen LogP) is -3.71. The van der Waals surface area contributed by atoms with Gasteiger partial charge in [0, 0.05) is 19.1 Å². The van der Waals surface area contributed by atoms with Crippen molar-refractivity contribution < 1.29 is 83.6 Å². The molecule has 3 saturated heterocycles. The molecule has 15 atom stereocenters. The summed E-state index contributed by atoms with van der Waals surface area (Å²) in [5, 5.41) is 85.3. The first-order chi connectivity index (χ1) is 23.4. The van der Waals surface area contributed by atoms with Crippen LogP contribution in [0.25, 0.3) is 0 Å². The molecular formula is C31H47NO17. The van der Waals surface area contributed by atoms with Gasteiger partial charge in [-0.3, -0.25) is 9.59 Å². The first-order valence-electron chi connectivity index (χ1n) is 16.0. The number of unbranched alkanes of at least 4 members (excludes halogenated alkanes) is 1. The molecule has 18 heteroatoms. The fraction of sp³-hybridized carbons (Fsp3) is 0.742. The summed E-state index contributed by atoms with van der Waals surface area (Å²) < 4.78 is 40.9. The molecule has 0 spiro atoms. The van der Waals surface area contributed by atoms with Gasteiger partial charge in [-0.15, -0.1) is 0 Å². The maximum absolute atomic E-state index is 12.4. The average Bonchev–Trinajstić information content (AvgIpc) is 3.09. The van der Waals surface area contributed by atoms with Crippen LogP contribution in [0.4, 0.5) is 0 Å². The molecule has 1 aromatic rings. The van der Waals surface area contributed by atoms with Crippen LogP contribution in [0.15, 0.2) is 24.3 Å². The van der Waals surface area contributed by atoms with Crippen molar-refractivity contribution >= 4 is 12.2 Å². The topological polar surface area (TPSA) is 273 Å². The Kier molecular flexibility index (Phi) is 14.6. The van der Waals surface area contributed by atoms with Crippen LogP contribution in [-0.2, 0) is 33.2 Å². The van der Waals surface area contributed by atoms with Crippen LogP contribution in [0.5, 0.6) is 5.75 Å². The highest BCUT2D eigenvalue weighted by molar-refractivity contribution is 5.74. The van der Waals surface area contributed by atoms with Gasteiger partial charge in [-0.1, -0.05) is 0 Å². The third kappa shape index (κ3) is 9.69. The quantitative estimate of drug-likeness (QED) is 0.0627. The van der Waals surface area contributed by atoms with Crippen LogP contribution < -0.4 is 10.1 Å². The van der Waals surface area contributed by atoms with Crippen molar-refractivity contribution in [2.45, 2.75) is 119 Å². The Labute approximate surface area is 282 Å². The fourth-order valence-electron chi connectivity index (χ4n) is 5.76. The van der Waals surface area contributed by atoms with E-state index in [0.29, 0.717) is 30.8 Å². The summed E-state index contributed by atoms with van der Waals surface area (Å²) in [5.41, 5.74) is 0.513. The lowest BCUT2D eigenvalue weighted by molar-refractivity contribution is -0.373. The molecule has 3 aliphatic heterocycles. The maximum Gasteiger partial charge on any atom is 0.217 e. The van der Waals surface area contributed by atoms with Crippen molar-refractivity contribution in [3.05, 3.63) is 29.8 Å². The van der Waals surface area contributed by atoms with Gasteiger partial charge in [-0.05, 0) is 44.0 Å². The highest BCUT2D eigenvalue weighted by Crippen LogP contribution is 2.34. The number of ether oxygens (including phenoxy) is 7. The van der Waals surface area contributed by atoms with Gasteiger partial charge in [-0.25, -0.2) is 0 Å². The molecule has 278 valence electrons. The third-order valence-corrected chi connectivity index (χ3v) is 8.54. The summed E-state index contributed by atoms with van der Waals surface area (Å²) in [4.78, 5) is 23.3. The van der Waals surface area contributed by atoms with Crippen molar-refractivity contribution in [3.8, 4) is 5.75 Å². The van der Waals surface area contributed by atoms with Gasteiger partial charge < -0.3 is 79.3 Å². The standard InChI is InChI=1S/C31H47NO17/c1-14-21(37)23(39)25(41)30(45-14)49-28-20(32-15(2)36)29(44-10-4-3-9-43-17-7-5-16(11-33)6-8-17)47-19(13-35)27(28)48-31-26(42)24(40)22(38)18(12-34)46-31/h5-8,11,14,18-31,34-35,37-42H,3-4,9-10,12-13H2,1-2H3,(H,32,36)/t14-,18+,19+,20+,21+,22-,23+,24-,25-,26+,27+,28+,29+,30+,31-/m0/s1. The number of rotatable bonds is 15. The molecule has 3 heterocycles. The third-order valence-electron chi connectivity index (χ3n) is 8.54. The summed E-state index contributed by atoms with van der Waals surface area (Å²) in [6, 6.07) is 5.33. The van der Waals surface area contributed by atoms with Gasteiger partial charge in [0.15, 0.2) is 18.9 Å². The summed E-state index contributed by atoms with van der Waals surface area (Å²) in [6.07, 6.45) is -19.8. The van der Waals surface area contributed by atoms with E-state index in [9.17, 15) is 50.4 Å². The first kappa shape index (κ1) is 39.4. The molecule has 1 aromatic carbocycles. The van der Waals surface area contributed by atoms with Gasteiger partial charge in [0.25, 0.3) is 0 Å². The number of nitrogens with one attached hydrogen (secondary N) is 1. The fourth-order valence-corrected chi connectivity index (χ4v) is 5.76. The van der Waals surface area contributed by atoms with Crippen LogP contribution in [0.2, 0.25) is 0 Å². The lowest BCUT2D eigenvalue weighted by Gasteiger charge is -2.50. The number of aliphatic hydroxyl groups is 8. The molecule has 0 aromatic heterocycles. The second-order valence-corrected chi connectivity index (χ2v) is 12.1. The summed E-state index contributed by atoms with van der Waals surface area (Å²) >= 11 is 0. The van der Waals surface area contributed by atoms with Crippen molar-refractivity contribution in [2.75, 3.05) is 26.4 Å². The Morgan fingerprint density at radius 2 is 1.33 bits per heavy atom. The van der Waals surface area contributed by atoms with Crippen LogP contribution in [0.3, 0.4) is 0 Å². The van der Waals surface area contributed by atoms with Crippen LogP contribution in [-0.4, -0.2) is 172 Å². The van der Waals surface area contributed by atoms with E-state index in [1.165, 1.54) is 13.8 Å². The molecule has 3 fully saturated rings. The van der Waals surface area contributed by atoms with Gasteiger partial charge in [-0.2, -0.15) is 0 Å². The number of aldehydes is 1. The highest BCUT2D eigenvalue weighted by Gasteiger charge is 2.54. The Bertz CT molecular complexity index is 1180. The Morgan fingerprint density at radius 3 is 1.94 bits per heavy atom. The number of carbonyl (C=O) groups is 2. The van der Waals surface area contributed by atoms with Gasteiger partial charge in [0.05, 0.1) is 25.9 Å². The molecule has 49 heavy (non-hydrogen) atoms. The zero-order valence-corrected chi connectivity index (χ0v) is 27.0. The molecular weight excluding hydrogens is 658 g/mol. The number of hydrogen-bond donors (Lipinski definition) is 9. The maximum atomic E-state index is 12.4. The van der Waals surface area contributed by atoms with Crippen LogP contribution >= 0.6 is 0 Å². The number of aliphatic hydroxyl groups excluding tert-OH is 8. The van der Waals surface area contributed by atoms with E-state index >= 15 is 0 Å². The molecule has 9 N–H and O–H groups in total. The second-order valence-electron chi connectivity index (χ2n) is 12.1. The summed E-state index contributed by atoms with van der Waals surface area (Å²) in [5.74, 6) is -0.00378. The second kappa shape index (κ2) is 18.2. The van der Waals surface area contributed by atoms with Crippen molar-refractivity contribution in [1.82, 2.24) is 5.32 Å². The summed E-state index contributed by atoms with van der Waals surface area (Å²) in [7, 11) is 0. The summed E-state index contributed by atoms with van der Waals surface area (Å²) in [6.45, 7) is 1.52. The van der Waals surface area contributed by atoms with E-state index in [1.807, 2.05) is 0 Å². The van der Waals surface area contributed by atoms with Crippen molar-refractivity contribution in [2.24, 2.45) is 0 Å².